The molecule has 0 saturated carbocycles. The molecule has 1 saturated heterocycles. The van der Waals surface area contributed by atoms with Crippen LogP contribution in [0.3, 0.4) is 0 Å². The Bertz CT molecular complexity index is 134. The summed E-state index contributed by atoms with van der Waals surface area (Å²) in [5, 5.41) is 0. The summed E-state index contributed by atoms with van der Waals surface area (Å²) < 4.78 is 5.23. The number of hydrogen-bond acceptors (Lipinski definition) is 2. The molecule has 0 radical (unpaired) electrons. The molecule has 1 atom stereocenters. The van der Waals surface area contributed by atoms with Gasteiger partial charge in [-0.15, -0.1) is 0 Å². The van der Waals surface area contributed by atoms with Crippen LogP contribution in [-0.2, 0) is 9.53 Å². The summed E-state index contributed by atoms with van der Waals surface area (Å²) in [4.78, 5) is 11.0. The molecule has 1 rings (SSSR count). The lowest BCUT2D eigenvalue weighted by atomic mass is 9.81. The van der Waals surface area contributed by atoms with Crippen molar-refractivity contribution in [1.82, 2.24) is 0 Å². The summed E-state index contributed by atoms with van der Waals surface area (Å²) in [5.74, 6) is 0.257. The third-order valence-electron chi connectivity index (χ3n) is 2.29. The van der Waals surface area contributed by atoms with Gasteiger partial charge >= 0.3 is 0 Å². The Hall–Kier alpha value is -0.370. The maximum Gasteiger partial charge on any atom is 0.137 e. The first kappa shape index (κ1) is 7.73. The minimum absolute atomic E-state index is 0.182. The van der Waals surface area contributed by atoms with Crippen LogP contribution in [0.5, 0.6) is 0 Å². The molecule has 0 bridgehead atoms. The average molecular weight is 142 g/mol. The van der Waals surface area contributed by atoms with Crippen molar-refractivity contribution >= 4 is 5.78 Å². The van der Waals surface area contributed by atoms with Gasteiger partial charge in [0, 0.05) is 12.0 Å². The highest BCUT2D eigenvalue weighted by molar-refractivity contribution is 5.82. The van der Waals surface area contributed by atoms with E-state index in [9.17, 15) is 4.79 Å². The van der Waals surface area contributed by atoms with Crippen molar-refractivity contribution < 1.29 is 9.53 Å². The van der Waals surface area contributed by atoms with Crippen LogP contribution in [0, 0.1) is 5.41 Å². The van der Waals surface area contributed by atoms with Gasteiger partial charge < -0.3 is 4.74 Å². The second-order valence-electron chi connectivity index (χ2n) is 3.27. The predicted molar refractivity (Wildman–Crippen MR) is 38.8 cm³/mol. The summed E-state index contributed by atoms with van der Waals surface area (Å²) >= 11 is 0. The van der Waals surface area contributed by atoms with Gasteiger partial charge in [0.2, 0.25) is 0 Å². The number of Topliss-reactive ketones (excluding diaryl/α,β-unsaturated/α-hetero) is 1. The fourth-order valence-electron chi connectivity index (χ4n) is 1.21. The first-order valence-corrected chi connectivity index (χ1v) is 3.74. The zero-order valence-electron chi connectivity index (χ0n) is 6.64. The smallest absolute Gasteiger partial charge is 0.137 e. The summed E-state index contributed by atoms with van der Waals surface area (Å²) in [6.07, 6.45) is 2.01. The molecule has 1 unspecified atom stereocenters. The molecule has 10 heavy (non-hydrogen) atoms. The zero-order chi connectivity index (χ0) is 7.61. The quantitative estimate of drug-likeness (QED) is 0.553. The van der Waals surface area contributed by atoms with Crippen LogP contribution in [0.4, 0.5) is 0 Å². The van der Waals surface area contributed by atoms with Crippen molar-refractivity contribution in [1.29, 1.82) is 0 Å². The monoisotopic (exact) mass is 142 g/mol. The maximum absolute atomic E-state index is 11.0. The van der Waals surface area contributed by atoms with Crippen LogP contribution >= 0.6 is 0 Å². The highest BCUT2D eigenvalue weighted by atomic mass is 16.5. The first-order chi connectivity index (χ1) is 4.65. The third kappa shape index (κ3) is 1.37. The molecule has 58 valence electrons. The van der Waals surface area contributed by atoms with E-state index in [1.165, 1.54) is 0 Å². The number of carbonyl (C=O) groups excluding carboxylic acids is 1. The van der Waals surface area contributed by atoms with E-state index in [0.717, 1.165) is 19.4 Å². The lowest BCUT2D eigenvalue weighted by Crippen LogP contribution is -2.34. The second kappa shape index (κ2) is 2.70. The van der Waals surface area contributed by atoms with Crippen molar-refractivity contribution in [3.05, 3.63) is 0 Å². The Kier molecular flexibility index (Phi) is 2.09. The standard InChI is InChI=1S/C8H14O2/c1-7(9)8(2)4-3-5-10-6-8/h3-6H2,1-2H3. The molecule has 1 aliphatic rings. The molecule has 1 fully saturated rings. The Morgan fingerprint density at radius 2 is 2.30 bits per heavy atom. The van der Waals surface area contributed by atoms with Gasteiger partial charge in [-0.2, -0.15) is 0 Å². The number of carbonyl (C=O) groups is 1. The molecule has 2 heteroatoms. The minimum Gasteiger partial charge on any atom is -0.380 e. The van der Waals surface area contributed by atoms with Crippen LogP contribution < -0.4 is 0 Å². The van der Waals surface area contributed by atoms with Gasteiger partial charge in [0.25, 0.3) is 0 Å². The molecule has 1 aliphatic heterocycles. The Morgan fingerprint density at radius 3 is 2.60 bits per heavy atom. The van der Waals surface area contributed by atoms with Crippen molar-refractivity contribution in [3.8, 4) is 0 Å². The number of rotatable bonds is 1. The molecule has 0 aromatic carbocycles. The van der Waals surface area contributed by atoms with Gasteiger partial charge in [-0.05, 0) is 19.8 Å². The molecule has 0 aliphatic carbocycles. The van der Waals surface area contributed by atoms with Crippen LogP contribution in [-0.4, -0.2) is 19.0 Å². The van der Waals surface area contributed by atoms with E-state index < -0.39 is 0 Å². The van der Waals surface area contributed by atoms with Crippen LogP contribution in [0.15, 0.2) is 0 Å². The van der Waals surface area contributed by atoms with E-state index in [-0.39, 0.29) is 11.2 Å². The van der Waals surface area contributed by atoms with Crippen LogP contribution in [0.2, 0.25) is 0 Å². The number of ether oxygens (including phenoxy) is 1. The van der Waals surface area contributed by atoms with Crippen LogP contribution in [0.1, 0.15) is 26.7 Å². The lowest BCUT2D eigenvalue weighted by Gasteiger charge is -2.30. The zero-order valence-corrected chi connectivity index (χ0v) is 6.64. The largest absolute Gasteiger partial charge is 0.380 e. The molecule has 2 nitrogen and oxygen atoms in total. The average Bonchev–Trinajstić information content (AvgIpc) is 1.89. The summed E-state index contributed by atoms with van der Waals surface area (Å²) in [5.41, 5.74) is -0.182. The van der Waals surface area contributed by atoms with Gasteiger partial charge in [0.15, 0.2) is 0 Å². The molecule has 0 amide bonds. The van der Waals surface area contributed by atoms with Crippen molar-refractivity contribution in [3.63, 3.8) is 0 Å². The normalized spacial score (nSPS) is 33.8. The molecule has 0 spiro atoms. The van der Waals surface area contributed by atoms with E-state index in [0.29, 0.717) is 6.61 Å². The summed E-state index contributed by atoms with van der Waals surface area (Å²) in [6.45, 7) is 5.06. The highest BCUT2D eigenvalue weighted by Gasteiger charge is 2.31. The Balaban J connectivity index is 2.56. The van der Waals surface area contributed by atoms with E-state index in [4.69, 9.17) is 4.74 Å². The molecule has 0 N–H and O–H groups in total. The molecular formula is C8H14O2. The highest BCUT2D eigenvalue weighted by Crippen LogP contribution is 2.28. The van der Waals surface area contributed by atoms with Gasteiger partial charge in [0.05, 0.1) is 6.61 Å². The van der Waals surface area contributed by atoms with E-state index in [1.54, 1.807) is 6.92 Å². The van der Waals surface area contributed by atoms with Gasteiger partial charge in [0.1, 0.15) is 5.78 Å². The predicted octanol–water partition coefficient (Wildman–Crippen LogP) is 1.39. The maximum atomic E-state index is 11.0. The van der Waals surface area contributed by atoms with E-state index in [2.05, 4.69) is 0 Å². The van der Waals surface area contributed by atoms with Gasteiger partial charge in [-0.3, -0.25) is 4.79 Å². The molecule has 0 aromatic rings. The first-order valence-electron chi connectivity index (χ1n) is 3.74. The molecular weight excluding hydrogens is 128 g/mol. The van der Waals surface area contributed by atoms with Gasteiger partial charge in [-0.1, -0.05) is 6.92 Å². The number of hydrogen-bond donors (Lipinski definition) is 0. The molecule has 0 aromatic heterocycles. The molecule has 1 heterocycles. The fourth-order valence-corrected chi connectivity index (χ4v) is 1.21. The Labute approximate surface area is 61.6 Å². The Morgan fingerprint density at radius 1 is 1.60 bits per heavy atom. The lowest BCUT2D eigenvalue weighted by molar-refractivity contribution is -0.132. The van der Waals surface area contributed by atoms with Crippen molar-refractivity contribution in [2.24, 2.45) is 5.41 Å². The topological polar surface area (TPSA) is 26.3 Å². The summed E-state index contributed by atoms with van der Waals surface area (Å²) in [6, 6.07) is 0. The van der Waals surface area contributed by atoms with Crippen molar-refractivity contribution in [2.75, 3.05) is 13.2 Å². The van der Waals surface area contributed by atoms with Crippen LogP contribution in [0.25, 0.3) is 0 Å². The minimum atomic E-state index is -0.182. The van der Waals surface area contributed by atoms with Gasteiger partial charge in [-0.25, -0.2) is 0 Å². The van der Waals surface area contributed by atoms with E-state index >= 15 is 0 Å². The van der Waals surface area contributed by atoms with E-state index in [1.807, 2.05) is 6.92 Å². The second-order valence-corrected chi connectivity index (χ2v) is 3.27. The number of ketones is 1. The van der Waals surface area contributed by atoms with Crippen molar-refractivity contribution in [2.45, 2.75) is 26.7 Å². The summed E-state index contributed by atoms with van der Waals surface area (Å²) in [7, 11) is 0. The SMILES string of the molecule is CC(=O)C1(C)CCCOC1. The fraction of sp³-hybridized carbons (Fsp3) is 0.875. The third-order valence-corrected chi connectivity index (χ3v) is 2.29.